The van der Waals surface area contributed by atoms with Gasteiger partial charge < -0.3 is 5.11 Å². The van der Waals surface area contributed by atoms with Gasteiger partial charge in [-0.25, -0.2) is 13.2 Å². The predicted molar refractivity (Wildman–Crippen MR) is 108 cm³/mol. The molecule has 144 valence electrons. The number of aryl methyl sites for hydroxylation is 3. The first-order valence-corrected chi connectivity index (χ1v) is 10.1. The molecular weight excluding hydrogens is 376 g/mol. The molecular formula is C21H20N2O4S. The van der Waals surface area contributed by atoms with Crippen LogP contribution in [0.5, 0.6) is 0 Å². The number of anilines is 1. The molecule has 7 heteroatoms. The van der Waals surface area contributed by atoms with Crippen LogP contribution in [0.4, 0.5) is 5.69 Å². The van der Waals surface area contributed by atoms with Crippen molar-refractivity contribution in [3.05, 3.63) is 77.0 Å². The molecule has 3 rings (SSSR count). The normalized spacial score (nSPS) is 11.2. The maximum absolute atomic E-state index is 12.6. The summed E-state index contributed by atoms with van der Waals surface area (Å²) in [5.74, 6) is -1.17. The van der Waals surface area contributed by atoms with E-state index in [0.29, 0.717) is 11.3 Å². The van der Waals surface area contributed by atoms with Crippen LogP contribution >= 0.6 is 0 Å². The van der Waals surface area contributed by atoms with E-state index in [9.17, 15) is 18.3 Å². The highest BCUT2D eigenvalue weighted by Crippen LogP contribution is 2.23. The molecule has 0 aliphatic heterocycles. The van der Waals surface area contributed by atoms with Crippen molar-refractivity contribution in [1.82, 2.24) is 4.98 Å². The van der Waals surface area contributed by atoms with Crippen molar-refractivity contribution < 1.29 is 18.3 Å². The quantitative estimate of drug-likeness (QED) is 0.675. The number of pyridine rings is 1. The highest BCUT2D eigenvalue weighted by molar-refractivity contribution is 7.92. The van der Waals surface area contributed by atoms with Gasteiger partial charge in [0, 0.05) is 5.56 Å². The molecule has 0 radical (unpaired) electrons. The van der Waals surface area contributed by atoms with Gasteiger partial charge in [0.05, 0.1) is 28.0 Å². The molecule has 1 heterocycles. The third-order valence-electron chi connectivity index (χ3n) is 4.57. The number of carboxylic acid groups (broad SMARTS) is 1. The summed E-state index contributed by atoms with van der Waals surface area (Å²) in [6.45, 7) is 5.67. The minimum absolute atomic E-state index is 0.0499. The number of aromatic carboxylic acids is 1. The molecule has 0 amide bonds. The van der Waals surface area contributed by atoms with Crippen molar-refractivity contribution >= 4 is 21.7 Å². The first-order chi connectivity index (χ1) is 13.2. The Morgan fingerprint density at radius 3 is 2.25 bits per heavy atom. The van der Waals surface area contributed by atoms with Crippen molar-refractivity contribution in [2.75, 3.05) is 4.72 Å². The topological polar surface area (TPSA) is 96.4 Å². The number of hydrogen-bond donors (Lipinski definition) is 2. The lowest BCUT2D eigenvalue weighted by molar-refractivity contribution is 0.0696. The summed E-state index contributed by atoms with van der Waals surface area (Å²) in [5, 5.41) is 9.20. The lowest BCUT2D eigenvalue weighted by Crippen LogP contribution is -2.14. The lowest BCUT2D eigenvalue weighted by atomic mass is 10.0. The number of nitrogens with zero attached hydrogens (tertiary/aromatic N) is 1. The molecule has 0 saturated carbocycles. The number of rotatable bonds is 5. The molecule has 0 fully saturated rings. The van der Waals surface area contributed by atoms with Crippen molar-refractivity contribution in [2.45, 2.75) is 25.7 Å². The zero-order valence-corrected chi connectivity index (χ0v) is 16.5. The summed E-state index contributed by atoms with van der Waals surface area (Å²) in [7, 11) is -3.93. The molecule has 0 aliphatic carbocycles. The van der Waals surface area contributed by atoms with Crippen molar-refractivity contribution in [3.8, 4) is 11.3 Å². The number of hydrogen-bond acceptors (Lipinski definition) is 4. The number of carboxylic acids is 1. The van der Waals surface area contributed by atoms with Gasteiger partial charge in [-0.15, -0.1) is 0 Å². The van der Waals surface area contributed by atoms with Crippen LogP contribution in [-0.4, -0.2) is 24.5 Å². The van der Waals surface area contributed by atoms with E-state index in [1.807, 2.05) is 32.0 Å². The molecule has 0 spiro atoms. The van der Waals surface area contributed by atoms with Gasteiger partial charge in [-0.2, -0.15) is 0 Å². The van der Waals surface area contributed by atoms with Crippen LogP contribution in [0.25, 0.3) is 11.3 Å². The van der Waals surface area contributed by atoms with Gasteiger partial charge in [-0.1, -0.05) is 18.2 Å². The molecule has 0 unspecified atom stereocenters. The van der Waals surface area contributed by atoms with Crippen molar-refractivity contribution in [1.29, 1.82) is 0 Å². The van der Waals surface area contributed by atoms with Crippen LogP contribution in [-0.2, 0) is 10.0 Å². The minimum Gasteiger partial charge on any atom is -0.478 e. The van der Waals surface area contributed by atoms with Crippen LogP contribution in [0.2, 0.25) is 0 Å². The molecule has 3 aromatic rings. The van der Waals surface area contributed by atoms with E-state index in [4.69, 9.17) is 0 Å². The van der Waals surface area contributed by atoms with Crippen LogP contribution < -0.4 is 4.72 Å². The molecule has 2 N–H and O–H groups in total. The smallest absolute Gasteiger partial charge is 0.335 e. The summed E-state index contributed by atoms with van der Waals surface area (Å²) in [5.41, 5.74) is 4.75. The zero-order chi connectivity index (χ0) is 20.5. The van der Waals surface area contributed by atoms with E-state index in [1.165, 1.54) is 23.9 Å². The lowest BCUT2D eigenvalue weighted by Gasteiger charge is -2.10. The van der Waals surface area contributed by atoms with Crippen LogP contribution in [0, 0.1) is 20.8 Å². The highest BCUT2D eigenvalue weighted by atomic mass is 32.2. The molecule has 1 aromatic heterocycles. The number of sulfonamides is 1. The molecule has 0 atom stereocenters. The fraction of sp³-hybridized carbons (Fsp3) is 0.143. The first kappa shape index (κ1) is 19.6. The van der Waals surface area contributed by atoms with Crippen LogP contribution in [0.1, 0.15) is 27.0 Å². The minimum atomic E-state index is -3.93. The summed E-state index contributed by atoms with van der Waals surface area (Å²) in [6.07, 6.45) is 1.44. The Morgan fingerprint density at radius 1 is 0.929 bits per heavy atom. The Bertz CT molecular complexity index is 1150. The molecule has 6 nitrogen and oxygen atoms in total. The number of carbonyl (C=O) groups is 1. The maximum Gasteiger partial charge on any atom is 0.335 e. The Morgan fingerprint density at radius 2 is 1.64 bits per heavy atom. The fourth-order valence-corrected chi connectivity index (χ4v) is 3.81. The van der Waals surface area contributed by atoms with Gasteiger partial charge in [0.1, 0.15) is 0 Å². The SMILES string of the molecule is Cc1ccc(-c2ccc(NS(=O)(=O)c3ccc(C)c(C(=O)O)c3)cn2)cc1C. The second-order valence-corrected chi connectivity index (χ2v) is 8.30. The average molecular weight is 396 g/mol. The third kappa shape index (κ3) is 4.04. The zero-order valence-electron chi connectivity index (χ0n) is 15.7. The Labute approximate surface area is 163 Å². The van der Waals surface area contributed by atoms with Gasteiger partial charge in [0.25, 0.3) is 10.0 Å². The summed E-state index contributed by atoms with van der Waals surface area (Å²) in [6, 6.07) is 13.4. The Hall–Kier alpha value is -3.19. The predicted octanol–water partition coefficient (Wildman–Crippen LogP) is 4.17. The summed E-state index contributed by atoms with van der Waals surface area (Å²) < 4.78 is 27.6. The highest BCUT2D eigenvalue weighted by Gasteiger charge is 2.18. The van der Waals surface area contributed by atoms with E-state index in [-0.39, 0.29) is 10.5 Å². The van der Waals surface area contributed by atoms with Crippen molar-refractivity contribution in [2.24, 2.45) is 0 Å². The third-order valence-corrected chi connectivity index (χ3v) is 5.95. The molecule has 2 aromatic carbocycles. The molecule has 0 saturated heterocycles. The van der Waals surface area contributed by atoms with E-state index in [1.54, 1.807) is 19.1 Å². The Kier molecular flexibility index (Phi) is 5.20. The maximum atomic E-state index is 12.6. The second kappa shape index (κ2) is 7.44. The van der Waals surface area contributed by atoms with Crippen LogP contribution in [0.3, 0.4) is 0 Å². The first-order valence-electron chi connectivity index (χ1n) is 8.58. The standard InChI is InChI=1S/C21H20N2O4S/c1-13-4-6-16(10-15(13)3)20-9-7-17(12-22-20)23-28(26,27)18-8-5-14(2)19(11-18)21(24)25/h4-12,23H,1-3H3,(H,24,25). The van der Waals surface area contributed by atoms with Crippen molar-refractivity contribution in [3.63, 3.8) is 0 Å². The van der Waals surface area contributed by atoms with Gasteiger partial charge >= 0.3 is 5.97 Å². The Balaban J connectivity index is 1.86. The van der Waals surface area contributed by atoms with E-state index >= 15 is 0 Å². The average Bonchev–Trinajstić information content (AvgIpc) is 2.64. The largest absolute Gasteiger partial charge is 0.478 e. The number of benzene rings is 2. The second-order valence-electron chi connectivity index (χ2n) is 6.62. The summed E-state index contributed by atoms with van der Waals surface area (Å²) in [4.78, 5) is 15.5. The number of aromatic nitrogens is 1. The van der Waals surface area contributed by atoms with Crippen LogP contribution in [0.15, 0.2) is 59.6 Å². The van der Waals surface area contributed by atoms with Gasteiger partial charge in [0.15, 0.2) is 0 Å². The van der Waals surface area contributed by atoms with E-state index in [2.05, 4.69) is 9.71 Å². The molecule has 0 bridgehead atoms. The fourth-order valence-electron chi connectivity index (χ4n) is 2.74. The van der Waals surface area contributed by atoms with Gasteiger partial charge in [-0.05, 0) is 67.8 Å². The van der Waals surface area contributed by atoms with E-state index in [0.717, 1.165) is 22.9 Å². The summed E-state index contributed by atoms with van der Waals surface area (Å²) >= 11 is 0. The van der Waals surface area contributed by atoms with Gasteiger partial charge in [0.2, 0.25) is 0 Å². The molecule has 0 aliphatic rings. The van der Waals surface area contributed by atoms with Gasteiger partial charge in [-0.3, -0.25) is 9.71 Å². The number of nitrogens with one attached hydrogen (secondary N) is 1. The molecule has 28 heavy (non-hydrogen) atoms. The monoisotopic (exact) mass is 396 g/mol. The van der Waals surface area contributed by atoms with E-state index < -0.39 is 16.0 Å².